The molecule has 0 saturated heterocycles. The highest BCUT2D eigenvalue weighted by Gasteiger charge is 2.05. The summed E-state index contributed by atoms with van der Waals surface area (Å²) in [6, 6.07) is 14.6. The number of hydrogen-bond donors (Lipinski definition) is 1. The maximum atomic E-state index is 13.7. The molecule has 0 radical (unpaired) electrons. The molecule has 25 heavy (non-hydrogen) atoms. The third-order valence-corrected chi connectivity index (χ3v) is 3.91. The van der Waals surface area contributed by atoms with Crippen LogP contribution < -0.4 is 10.1 Å². The highest BCUT2D eigenvalue weighted by molar-refractivity contribution is 5.33. The molecule has 136 valence electrons. The third kappa shape index (κ3) is 7.24. The first-order valence-corrected chi connectivity index (χ1v) is 9.04. The zero-order valence-electron chi connectivity index (χ0n) is 15.0. The summed E-state index contributed by atoms with van der Waals surface area (Å²) in [6.45, 7) is 5.66. The highest BCUT2D eigenvalue weighted by Crippen LogP contribution is 2.20. The van der Waals surface area contributed by atoms with Gasteiger partial charge in [-0.2, -0.15) is 0 Å². The molecule has 2 aromatic rings. The molecular formula is C21H28FNO2. The Labute approximate surface area is 150 Å². The third-order valence-electron chi connectivity index (χ3n) is 3.91. The number of benzene rings is 2. The van der Waals surface area contributed by atoms with Gasteiger partial charge in [-0.15, -0.1) is 0 Å². The van der Waals surface area contributed by atoms with E-state index in [1.165, 1.54) is 12.5 Å². The Bertz CT molecular complexity index is 618. The van der Waals surface area contributed by atoms with Crippen LogP contribution >= 0.6 is 0 Å². The summed E-state index contributed by atoms with van der Waals surface area (Å²) in [7, 11) is 0. The number of rotatable bonds is 12. The van der Waals surface area contributed by atoms with Crippen LogP contribution in [0.25, 0.3) is 0 Å². The Morgan fingerprint density at radius 1 is 0.920 bits per heavy atom. The minimum absolute atomic E-state index is 0.231. The maximum absolute atomic E-state index is 13.7. The summed E-state index contributed by atoms with van der Waals surface area (Å²) in [5, 5.41) is 3.41. The number of nitrogens with one attached hydrogen (secondary N) is 1. The SMILES string of the molecule is CCCCOCCCNCc1ccccc1OCc1ccccc1F. The van der Waals surface area contributed by atoms with Crippen LogP contribution in [0.2, 0.25) is 0 Å². The topological polar surface area (TPSA) is 30.5 Å². The predicted molar refractivity (Wildman–Crippen MR) is 99.2 cm³/mol. The Morgan fingerprint density at radius 2 is 1.64 bits per heavy atom. The van der Waals surface area contributed by atoms with Gasteiger partial charge in [0.2, 0.25) is 0 Å². The van der Waals surface area contributed by atoms with Crippen molar-refractivity contribution in [3.63, 3.8) is 0 Å². The van der Waals surface area contributed by atoms with Crippen LogP contribution in [0.3, 0.4) is 0 Å². The van der Waals surface area contributed by atoms with E-state index < -0.39 is 0 Å². The quantitative estimate of drug-likeness (QED) is 0.566. The summed E-state index contributed by atoms with van der Waals surface area (Å²) in [4.78, 5) is 0. The number of unbranched alkanes of at least 4 members (excludes halogenated alkanes) is 1. The van der Waals surface area contributed by atoms with E-state index in [1.54, 1.807) is 12.1 Å². The average Bonchev–Trinajstić information content (AvgIpc) is 2.64. The van der Waals surface area contributed by atoms with Crippen LogP contribution in [0.4, 0.5) is 4.39 Å². The molecule has 2 aromatic carbocycles. The van der Waals surface area contributed by atoms with Gasteiger partial charge in [0.15, 0.2) is 0 Å². The average molecular weight is 345 g/mol. The lowest BCUT2D eigenvalue weighted by molar-refractivity contribution is 0.128. The monoisotopic (exact) mass is 345 g/mol. The summed E-state index contributed by atoms with van der Waals surface area (Å²) < 4.78 is 25.1. The molecule has 0 amide bonds. The number of halogens is 1. The van der Waals surface area contributed by atoms with Gasteiger partial charge in [-0.25, -0.2) is 4.39 Å². The highest BCUT2D eigenvalue weighted by atomic mass is 19.1. The molecule has 0 aliphatic heterocycles. The number of hydrogen-bond acceptors (Lipinski definition) is 3. The van der Waals surface area contributed by atoms with Crippen molar-refractivity contribution >= 4 is 0 Å². The van der Waals surface area contributed by atoms with Gasteiger partial charge >= 0.3 is 0 Å². The summed E-state index contributed by atoms with van der Waals surface area (Å²) in [6.07, 6.45) is 3.28. The zero-order valence-corrected chi connectivity index (χ0v) is 15.0. The summed E-state index contributed by atoms with van der Waals surface area (Å²) in [5.41, 5.74) is 1.64. The Hall–Kier alpha value is -1.91. The lowest BCUT2D eigenvalue weighted by Crippen LogP contribution is -2.17. The molecule has 2 rings (SSSR count). The van der Waals surface area contributed by atoms with Crippen LogP contribution in [0.1, 0.15) is 37.3 Å². The van der Waals surface area contributed by atoms with E-state index in [0.29, 0.717) is 5.56 Å². The fraction of sp³-hybridized carbons (Fsp3) is 0.429. The first-order chi connectivity index (χ1) is 12.3. The van der Waals surface area contributed by atoms with E-state index >= 15 is 0 Å². The van der Waals surface area contributed by atoms with Crippen molar-refractivity contribution < 1.29 is 13.9 Å². The van der Waals surface area contributed by atoms with Crippen LogP contribution in [0.5, 0.6) is 5.75 Å². The minimum atomic E-state index is -0.235. The molecule has 4 heteroatoms. The van der Waals surface area contributed by atoms with Crippen LogP contribution in [0.15, 0.2) is 48.5 Å². The van der Waals surface area contributed by atoms with Gasteiger partial charge in [0.05, 0.1) is 0 Å². The van der Waals surface area contributed by atoms with Gasteiger partial charge in [-0.05, 0) is 31.5 Å². The smallest absolute Gasteiger partial charge is 0.129 e. The summed E-state index contributed by atoms with van der Waals surface area (Å²) in [5.74, 6) is 0.554. The zero-order chi connectivity index (χ0) is 17.7. The van der Waals surface area contributed by atoms with Crippen molar-refractivity contribution in [3.05, 3.63) is 65.5 Å². The first-order valence-electron chi connectivity index (χ1n) is 9.04. The van der Waals surface area contributed by atoms with Crippen molar-refractivity contribution in [3.8, 4) is 5.75 Å². The molecule has 0 aromatic heterocycles. The standard InChI is InChI=1S/C21H28FNO2/c1-2-3-14-24-15-8-13-23-16-18-9-5-7-12-21(18)25-17-19-10-4-6-11-20(19)22/h4-7,9-12,23H,2-3,8,13-17H2,1H3. The number of para-hydroxylation sites is 1. The Morgan fingerprint density at radius 3 is 2.44 bits per heavy atom. The van der Waals surface area contributed by atoms with Gasteiger partial charge in [-0.3, -0.25) is 0 Å². The summed E-state index contributed by atoms with van der Waals surface area (Å²) >= 11 is 0. The van der Waals surface area contributed by atoms with E-state index in [2.05, 4.69) is 12.2 Å². The van der Waals surface area contributed by atoms with Crippen molar-refractivity contribution in [1.82, 2.24) is 5.32 Å². The fourth-order valence-electron chi connectivity index (χ4n) is 2.43. The normalized spacial score (nSPS) is 10.8. The van der Waals surface area contributed by atoms with Gasteiger partial charge < -0.3 is 14.8 Å². The molecule has 1 N–H and O–H groups in total. The molecule has 0 heterocycles. The second-order valence-corrected chi connectivity index (χ2v) is 5.98. The van der Waals surface area contributed by atoms with Gasteiger partial charge in [0.1, 0.15) is 18.2 Å². The second kappa shape index (κ2) is 11.6. The molecule has 0 aliphatic carbocycles. The van der Waals surface area contributed by atoms with E-state index in [4.69, 9.17) is 9.47 Å². The van der Waals surface area contributed by atoms with E-state index in [9.17, 15) is 4.39 Å². The Kier molecular flexibility index (Phi) is 9.02. The predicted octanol–water partition coefficient (Wildman–Crippen LogP) is 4.70. The lowest BCUT2D eigenvalue weighted by Gasteiger charge is -2.13. The van der Waals surface area contributed by atoms with Crippen LogP contribution in [-0.4, -0.2) is 19.8 Å². The second-order valence-electron chi connectivity index (χ2n) is 5.98. The minimum Gasteiger partial charge on any atom is -0.488 e. The van der Waals surface area contributed by atoms with Gasteiger partial charge in [-0.1, -0.05) is 49.7 Å². The van der Waals surface area contributed by atoms with Gasteiger partial charge in [0.25, 0.3) is 0 Å². The molecular weight excluding hydrogens is 317 g/mol. The molecule has 0 spiro atoms. The van der Waals surface area contributed by atoms with Crippen LogP contribution in [-0.2, 0) is 17.9 Å². The maximum Gasteiger partial charge on any atom is 0.129 e. The molecule has 0 bridgehead atoms. The molecule has 0 saturated carbocycles. The van der Waals surface area contributed by atoms with Gasteiger partial charge in [0, 0.05) is 30.9 Å². The fourth-order valence-corrected chi connectivity index (χ4v) is 2.43. The van der Waals surface area contributed by atoms with E-state index in [0.717, 1.165) is 50.5 Å². The molecule has 0 atom stereocenters. The number of ether oxygens (including phenoxy) is 2. The van der Waals surface area contributed by atoms with Crippen molar-refractivity contribution in [2.24, 2.45) is 0 Å². The van der Waals surface area contributed by atoms with Crippen molar-refractivity contribution in [1.29, 1.82) is 0 Å². The van der Waals surface area contributed by atoms with Crippen molar-refractivity contribution in [2.45, 2.75) is 39.3 Å². The van der Waals surface area contributed by atoms with E-state index in [1.807, 2.05) is 30.3 Å². The molecule has 0 unspecified atom stereocenters. The van der Waals surface area contributed by atoms with Crippen molar-refractivity contribution in [2.75, 3.05) is 19.8 Å². The first kappa shape index (κ1) is 19.4. The Balaban J connectivity index is 1.73. The molecule has 3 nitrogen and oxygen atoms in total. The molecule has 0 aliphatic rings. The van der Waals surface area contributed by atoms with Crippen LogP contribution in [0, 0.1) is 5.82 Å². The lowest BCUT2D eigenvalue weighted by atomic mass is 10.2. The van der Waals surface area contributed by atoms with E-state index in [-0.39, 0.29) is 12.4 Å². The molecule has 0 fully saturated rings. The largest absolute Gasteiger partial charge is 0.488 e.